The molecule has 0 fully saturated rings. The minimum Gasteiger partial charge on any atom is -0.293 e. The lowest BCUT2D eigenvalue weighted by Gasteiger charge is -2.03. The molecule has 0 bridgehead atoms. The van der Waals surface area contributed by atoms with Crippen molar-refractivity contribution in [2.24, 2.45) is 0 Å². The fraction of sp³-hybridized carbons (Fsp3) is 0.0714. The first-order valence-electron chi connectivity index (χ1n) is 5.49. The van der Waals surface area contributed by atoms with Gasteiger partial charge < -0.3 is 0 Å². The molecule has 2 nitrogen and oxygen atoms in total. The Balaban J connectivity index is 2.11. The Labute approximate surface area is 117 Å². The van der Waals surface area contributed by atoms with Gasteiger partial charge in [-0.3, -0.25) is 9.00 Å². The summed E-state index contributed by atoms with van der Waals surface area (Å²) in [5.41, 5.74) is 0.224. The summed E-state index contributed by atoms with van der Waals surface area (Å²) in [4.78, 5) is 12.4. The average molecular weight is 297 g/mol. The Kier molecular flexibility index (Phi) is 4.45. The zero-order valence-corrected chi connectivity index (χ0v) is 11.4. The SMILES string of the molecule is O=C(CS(=O)c1ccc(Cl)cc1)c1cccc(F)c1. The van der Waals surface area contributed by atoms with Crippen molar-refractivity contribution in [3.8, 4) is 0 Å². The highest BCUT2D eigenvalue weighted by Crippen LogP contribution is 2.14. The molecule has 0 amide bonds. The van der Waals surface area contributed by atoms with Gasteiger partial charge in [-0.2, -0.15) is 0 Å². The van der Waals surface area contributed by atoms with Crippen LogP contribution in [0.1, 0.15) is 10.4 Å². The number of carbonyl (C=O) groups is 1. The molecule has 19 heavy (non-hydrogen) atoms. The molecule has 0 saturated carbocycles. The maximum Gasteiger partial charge on any atom is 0.175 e. The van der Waals surface area contributed by atoms with Gasteiger partial charge in [-0.25, -0.2) is 4.39 Å². The van der Waals surface area contributed by atoms with Crippen LogP contribution in [0.4, 0.5) is 4.39 Å². The molecule has 5 heteroatoms. The summed E-state index contributed by atoms with van der Waals surface area (Å²) >= 11 is 5.73. The summed E-state index contributed by atoms with van der Waals surface area (Å²) in [5, 5.41) is 0.539. The number of carbonyl (C=O) groups excluding carboxylic acids is 1. The van der Waals surface area contributed by atoms with E-state index in [-0.39, 0.29) is 17.1 Å². The molecule has 2 aromatic carbocycles. The molecule has 0 aromatic heterocycles. The van der Waals surface area contributed by atoms with Gasteiger partial charge in [-0.15, -0.1) is 0 Å². The van der Waals surface area contributed by atoms with E-state index in [0.29, 0.717) is 9.92 Å². The van der Waals surface area contributed by atoms with Crippen LogP contribution in [-0.2, 0) is 10.8 Å². The predicted octanol–water partition coefficient (Wildman–Crippen LogP) is 3.47. The molecule has 98 valence electrons. The molecule has 0 aliphatic carbocycles. The molecule has 0 heterocycles. The third-order valence-corrected chi connectivity index (χ3v) is 4.06. The molecule has 0 radical (unpaired) electrons. The lowest BCUT2D eigenvalue weighted by Crippen LogP contribution is -2.11. The van der Waals surface area contributed by atoms with Gasteiger partial charge in [0.2, 0.25) is 0 Å². The van der Waals surface area contributed by atoms with Crippen LogP contribution in [0, 0.1) is 5.82 Å². The largest absolute Gasteiger partial charge is 0.293 e. The third-order valence-electron chi connectivity index (χ3n) is 2.49. The zero-order valence-electron chi connectivity index (χ0n) is 9.81. The molecular formula is C14H10ClFO2S. The number of benzene rings is 2. The summed E-state index contributed by atoms with van der Waals surface area (Å²) < 4.78 is 25.0. The van der Waals surface area contributed by atoms with E-state index in [1.54, 1.807) is 24.3 Å². The summed E-state index contributed by atoms with van der Waals surface area (Å²) in [6.07, 6.45) is 0. The Bertz CT molecular complexity index is 626. The monoisotopic (exact) mass is 296 g/mol. The molecule has 0 aliphatic heterocycles. The van der Waals surface area contributed by atoms with Crippen LogP contribution in [0.5, 0.6) is 0 Å². The van der Waals surface area contributed by atoms with Gasteiger partial charge in [0.15, 0.2) is 5.78 Å². The maximum absolute atomic E-state index is 13.0. The van der Waals surface area contributed by atoms with Gasteiger partial charge in [-0.1, -0.05) is 23.7 Å². The Morgan fingerprint density at radius 3 is 2.47 bits per heavy atom. The van der Waals surface area contributed by atoms with Crippen LogP contribution in [-0.4, -0.2) is 15.7 Å². The first kappa shape index (κ1) is 13.9. The molecule has 1 atom stereocenters. The fourth-order valence-corrected chi connectivity index (χ4v) is 2.67. The minimum absolute atomic E-state index is 0.176. The zero-order chi connectivity index (χ0) is 13.8. The summed E-state index contributed by atoms with van der Waals surface area (Å²) in [5.74, 6) is -1.01. The van der Waals surface area contributed by atoms with Crippen molar-refractivity contribution < 1.29 is 13.4 Å². The van der Waals surface area contributed by atoms with Crippen LogP contribution in [0.2, 0.25) is 5.02 Å². The Hall–Kier alpha value is -1.52. The second-order valence-corrected chi connectivity index (χ2v) is 5.76. The topological polar surface area (TPSA) is 34.1 Å². The molecule has 0 N–H and O–H groups in total. The molecule has 0 spiro atoms. The second kappa shape index (κ2) is 6.08. The molecule has 2 rings (SSSR count). The van der Waals surface area contributed by atoms with Gasteiger partial charge in [0, 0.05) is 15.5 Å². The molecule has 1 unspecified atom stereocenters. The Morgan fingerprint density at radius 2 is 1.84 bits per heavy atom. The van der Waals surface area contributed by atoms with Crippen molar-refractivity contribution in [1.29, 1.82) is 0 Å². The lowest BCUT2D eigenvalue weighted by molar-refractivity contribution is 0.102. The third kappa shape index (κ3) is 3.72. The van der Waals surface area contributed by atoms with Gasteiger partial charge in [-0.05, 0) is 36.4 Å². The van der Waals surface area contributed by atoms with E-state index in [1.807, 2.05) is 0 Å². The van der Waals surface area contributed by atoms with E-state index in [4.69, 9.17) is 11.6 Å². The minimum atomic E-state index is -1.46. The van der Waals surface area contributed by atoms with E-state index in [0.717, 1.165) is 6.07 Å². The van der Waals surface area contributed by atoms with E-state index in [1.165, 1.54) is 18.2 Å². The lowest BCUT2D eigenvalue weighted by atomic mass is 10.1. The summed E-state index contributed by atoms with van der Waals surface area (Å²) in [6, 6.07) is 11.8. The van der Waals surface area contributed by atoms with Crippen LogP contribution < -0.4 is 0 Å². The van der Waals surface area contributed by atoms with Crippen LogP contribution in [0.15, 0.2) is 53.4 Å². The van der Waals surface area contributed by atoms with Gasteiger partial charge in [0.1, 0.15) is 5.82 Å². The molecule has 0 aliphatic rings. The van der Waals surface area contributed by atoms with Gasteiger partial charge in [0.25, 0.3) is 0 Å². The second-order valence-electron chi connectivity index (χ2n) is 3.88. The van der Waals surface area contributed by atoms with Crippen LogP contribution >= 0.6 is 11.6 Å². The average Bonchev–Trinajstić information content (AvgIpc) is 2.39. The quantitative estimate of drug-likeness (QED) is 0.810. The van der Waals surface area contributed by atoms with Crippen molar-refractivity contribution in [2.45, 2.75) is 4.90 Å². The van der Waals surface area contributed by atoms with Crippen molar-refractivity contribution in [1.82, 2.24) is 0 Å². The van der Waals surface area contributed by atoms with Gasteiger partial charge >= 0.3 is 0 Å². The number of hydrogen-bond donors (Lipinski definition) is 0. The Morgan fingerprint density at radius 1 is 1.16 bits per heavy atom. The van der Waals surface area contributed by atoms with E-state index in [2.05, 4.69) is 0 Å². The number of Topliss-reactive ketones (excluding diaryl/α,β-unsaturated/α-hetero) is 1. The molecule has 2 aromatic rings. The number of rotatable bonds is 4. The fourth-order valence-electron chi connectivity index (χ4n) is 1.53. The van der Waals surface area contributed by atoms with Crippen molar-refractivity contribution >= 4 is 28.2 Å². The van der Waals surface area contributed by atoms with Crippen LogP contribution in [0.25, 0.3) is 0 Å². The van der Waals surface area contributed by atoms with Crippen molar-refractivity contribution in [3.05, 3.63) is 64.9 Å². The molecule has 0 saturated heterocycles. The normalized spacial score (nSPS) is 12.1. The molecular weight excluding hydrogens is 287 g/mol. The van der Waals surface area contributed by atoms with Gasteiger partial charge in [0.05, 0.1) is 16.6 Å². The first-order chi connectivity index (χ1) is 9.06. The first-order valence-corrected chi connectivity index (χ1v) is 7.18. The summed E-state index contributed by atoms with van der Waals surface area (Å²) in [6.45, 7) is 0. The standard InChI is InChI=1S/C14H10ClFO2S/c15-11-4-6-13(7-5-11)19(18)9-14(17)10-2-1-3-12(16)8-10/h1-8H,9H2. The number of hydrogen-bond acceptors (Lipinski definition) is 2. The van der Waals surface area contributed by atoms with E-state index in [9.17, 15) is 13.4 Å². The predicted molar refractivity (Wildman–Crippen MR) is 73.5 cm³/mol. The smallest absolute Gasteiger partial charge is 0.175 e. The number of halogens is 2. The highest BCUT2D eigenvalue weighted by atomic mass is 35.5. The van der Waals surface area contributed by atoms with Crippen LogP contribution in [0.3, 0.4) is 0 Å². The highest BCUT2D eigenvalue weighted by molar-refractivity contribution is 7.85. The number of ketones is 1. The van der Waals surface area contributed by atoms with Crippen molar-refractivity contribution in [3.63, 3.8) is 0 Å². The van der Waals surface area contributed by atoms with Crippen molar-refractivity contribution in [2.75, 3.05) is 5.75 Å². The summed E-state index contributed by atoms with van der Waals surface area (Å²) in [7, 11) is -1.46. The highest BCUT2D eigenvalue weighted by Gasteiger charge is 2.12. The van der Waals surface area contributed by atoms with E-state index >= 15 is 0 Å². The van der Waals surface area contributed by atoms with E-state index < -0.39 is 16.6 Å². The maximum atomic E-state index is 13.0.